The quantitative estimate of drug-likeness (QED) is 0.677. The highest BCUT2D eigenvalue weighted by atomic mass is 16.2. The van der Waals surface area contributed by atoms with E-state index in [1.807, 2.05) is 27.7 Å². The number of rotatable bonds is 7. The molecule has 0 radical (unpaired) electrons. The standard InChI is InChI=1S/C12H25N3O2/c1-5-9(4)11(13)12(17)14-8-10(16)15(6-2)7-3/h9,11H,5-8,13H2,1-4H3,(H,14,17)/t9?,11-/m0/s1. The number of hydrogen-bond donors (Lipinski definition) is 2. The van der Waals surface area contributed by atoms with Gasteiger partial charge in [-0.15, -0.1) is 0 Å². The van der Waals surface area contributed by atoms with E-state index in [4.69, 9.17) is 5.73 Å². The van der Waals surface area contributed by atoms with Crippen molar-refractivity contribution in [3.05, 3.63) is 0 Å². The van der Waals surface area contributed by atoms with Gasteiger partial charge < -0.3 is 16.0 Å². The second-order valence-electron chi connectivity index (χ2n) is 4.20. The molecule has 0 aromatic carbocycles. The van der Waals surface area contributed by atoms with Crippen LogP contribution in [0.2, 0.25) is 0 Å². The van der Waals surface area contributed by atoms with E-state index in [-0.39, 0.29) is 24.3 Å². The Morgan fingerprint density at radius 2 is 1.76 bits per heavy atom. The van der Waals surface area contributed by atoms with Crippen molar-refractivity contribution in [1.82, 2.24) is 10.2 Å². The van der Waals surface area contributed by atoms with Crippen molar-refractivity contribution < 1.29 is 9.59 Å². The van der Waals surface area contributed by atoms with Gasteiger partial charge in [0, 0.05) is 13.1 Å². The van der Waals surface area contributed by atoms with E-state index >= 15 is 0 Å². The zero-order valence-electron chi connectivity index (χ0n) is 11.3. The Morgan fingerprint density at radius 3 is 2.18 bits per heavy atom. The summed E-state index contributed by atoms with van der Waals surface area (Å²) in [6, 6.07) is -0.537. The maximum atomic E-state index is 11.6. The molecule has 0 aromatic heterocycles. The highest BCUT2D eigenvalue weighted by Gasteiger charge is 2.20. The van der Waals surface area contributed by atoms with Crippen molar-refractivity contribution in [2.24, 2.45) is 11.7 Å². The highest BCUT2D eigenvalue weighted by Crippen LogP contribution is 2.04. The van der Waals surface area contributed by atoms with Crippen LogP contribution in [0.4, 0.5) is 0 Å². The Hall–Kier alpha value is -1.10. The monoisotopic (exact) mass is 243 g/mol. The predicted molar refractivity (Wildman–Crippen MR) is 68.4 cm³/mol. The van der Waals surface area contributed by atoms with Gasteiger partial charge in [0.25, 0.3) is 0 Å². The lowest BCUT2D eigenvalue weighted by molar-refractivity contribution is -0.133. The summed E-state index contributed by atoms with van der Waals surface area (Å²) >= 11 is 0. The molecular weight excluding hydrogens is 218 g/mol. The molecule has 0 fully saturated rings. The lowest BCUT2D eigenvalue weighted by Crippen LogP contribution is -2.48. The van der Waals surface area contributed by atoms with E-state index in [1.54, 1.807) is 4.90 Å². The molecule has 0 bridgehead atoms. The smallest absolute Gasteiger partial charge is 0.241 e. The fraction of sp³-hybridized carbons (Fsp3) is 0.833. The maximum Gasteiger partial charge on any atom is 0.241 e. The van der Waals surface area contributed by atoms with Crippen LogP contribution in [0.15, 0.2) is 0 Å². The number of carbonyl (C=O) groups is 2. The van der Waals surface area contributed by atoms with Crippen molar-refractivity contribution in [3.63, 3.8) is 0 Å². The molecule has 0 aliphatic heterocycles. The molecule has 17 heavy (non-hydrogen) atoms. The van der Waals surface area contributed by atoms with Crippen LogP contribution in [0.1, 0.15) is 34.1 Å². The average molecular weight is 243 g/mol. The third-order valence-electron chi connectivity index (χ3n) is 3.09. The summed E-state index contributed by atoms with van der Waals surface area (Å²) < 4.78 is 0. The van der Waals surface area contributed by atoms with Gasteiger partial charge in [-0.2, -0.15) is 0 Å². The van der Waals surface area contributed by atoms with Gasteiger partial charge in [0.05, 0.1) is 12.6 Å². The van der Waals surface area contributed by atoms with Crippen LogP contribution in [-0.2, 0) is 9.59 Å². The summed E-state index contributed by atoms with van der Waals surface area (Å²) in [6.45, 7) is 9.08. The van der Waals surface area contributed by atoms with Crippen LogP contribution in [0.3, 0.4) is 0 Å². The van der Waals surface area contributed by atoms with Gasteiger partial charge in [0.2, 0.25) is 11.8 Å². The Morgan fingerprint density at radius 1 is 1.24 bits per heavy atom. The first kappa shape index (κ1) is 15.9. The van der Waals surface area contributed by atoms with Gasteiger partial charge in [0.1, 0.15) is 0 Å². The van der Waals surface area contributed by atoms with E-state index in [0.717, 1.165) is 6.42 Å². The van der Waals surface area contributed by atoms with E-state index in [1.165, 1.54) is 0 Å². The highest BCUT2D eigenvalue weighted by molar-refractivity contribution is 5.87. The summed E-state index contributed by atoms with van der Waals surface area (Å²) in [4.78, 5) is 25.0. The van der Waals surface area contributed by atoms with Crippen molar-refractivity contribution in [1.29, 1.82) is 0 Å². The fourth-order valence-corrected chi connectivity index (χ4v) is 1.48. The van der Waals surface area contributed by atoms with Crippen molar-refractivity contribution in [2.75, 3.05) is 19.6 Å². The minimum absolute atomic E-state index is 0.0324. The first-order valence-corrected chi connectivity index (χ1v) is 6.28. The number of nitrogens with zero attached hydrogens (tertiary/aromatic N) is 1. The summed E-state index contributed by atoms with van der Waals surface area (Å²) in [6.07, 6.45) is 0.846. The lowest BCUT2D eigenvalue weighted by atomic mass is 9.99. The summed E-state index contributed by atoms with van der Waals surface area (Å²) in [5.41, 5.74) is 5.76. The van der Waals surface area contributed by atoms with Gasteiger partial charge in [0.15, 0.2) is 0 Å². The van der Waals surface area contributed by atoms with Crippen LogP contribution in [0.5, 0.6) is 0 Å². The van der Waals surface area contributed by atoms with E-state index in [9.17, 15) is 9.59 Å². The van der Waals surface area contributed by atoms with Crippen molar-refractivity contribution in [3.8, 4) is 0 Å². The zero-order chi connectivity index (χ0) is 13.4. The molecule has 0 saturated carbocycles. The topological polar surface area (TPSA) is 75.4 Å². The lowest BCUT2D eigenvalue weighted by Gasteiger charge is -2.21. The van der Waals surface area contributed by atoms with Crippen LogP contribution >= 0.6 is 0 Å². The third-order valence-corrected chi connectivity index (χ3v) is 3.09. The molecular formula is C12H25N3O2. The van der Waals surface area contributed by atoms with Crippen LogP contribution < -0.4 is 11.1 Å². The van der Waals surface area contributed by atoms with Gasteiger partial charge in [-0.25, -0.2) is 0 Å². The number of carbonyl (C=O) groups excluding carboxylic acids is 2. The molecule has 0 aromatic rings. The first-order chi connectivity index (χ1) is 7.97. The number of amides is 2. The molecule has 3 N–H and O–H groups in total. The average Bonchev–Trinajstić information content (AvgIpc) is 2.35. The number of nitrogens with one attached hydrogen (secondary N) is 1. The fourth-order valence-electron chi connectivity index (χ4n) is 1.48. The molecule has 1 unspecified atom stereocenters. The Kier molecular flexibility index (Phi) is 7.54. The molecule has 0 saturated heterocycles. The summed E-state index contributed by atoms with van der Waals surface area (Å²) in [7, 11) is 0. The number of nitrogens with two attached hydrogens (primary N) is 1. The van der Waals surface area contributed by atoms with Gasteiger partial charge in [-0.3, -0.25) is 9.59 Å². The number of likely N-dealkylation sites (N-methyl/N-ethyl adjacent to an activating group) is 1. The van der Waals surface area contributed by atoms with Crippen LogP contribution in [-0.4, -0.2) is 42.4 Å². The largest absolute Gasteiger partial charge is 0.346 e. The minimum atomic E-state index is -0.537. The molecule has 0 spiro atoms. The third kappa shape index (κ3) is 5.17. The Labute approximate surface area is 104 Å². The Bertz CT molecular complexity index is 252. The molecule has 5 nitrogen and oxygen atoms in total. The summed E-state index contributed by atoms with van der Waals surface area (Å²) in [5.74, 6) is -0.196. The summed E-state index contributed by atoms with van der Waals surface area (Å²) in [5, 5.41) is 2.59. The Balaban J connectivity index is 4.11. The van der Waals surface area contributed by atoms with Gasteiger partial charge in [-0.05, 0) is 19.8 Å². The van der Waals surface area contributed by atoms with Gasteiger partial charge in [-0.1, -0.05) is 20.3 Å². The minimum Gasteiger partial charge on any atom is -0.346 e. The first-order valence-electron chi connectivity index (χ1n) is 6.28. The molecule has 0 rings (SSSR count). The molecule has 0 heterocycles. The molecule has 0 aliphatic rings. The SMILES string of the molecule is CCC(C)[C@H](N)C(=O)NCC(=O)N(CC)CC. The van der Waals surface area contributed by atoms with Crippen molar-refractivity contribution >= 4 is 11.8 Å². The van der Waals surface area contributed by atoms with Crippen LogP contribution in [0.25, 0.3) is 0 Å². The number of hydrogen-bond acceptors (Lipinski definition) is 3. The predicted octanol–water partition coefficient (Wildman–Crippen LogP) is 0.344. The van der Waals surface area contributed by atoms with E-state index in [0.29, 0.717) is 13.1 Å². The van der Waals surface area contributed by atoms with Crippen LogP contribution in [0, 0.1) is 5.92 Å². The maximum absolute atomic E-state index is 11.6. The second kappa shape index (κ2) is 8.06. The molecule has 2 atom stereocenters. The zero-order valence-corrected chi connectivity index (χ0v) is 11.3. The molecule has 100 valence electrons. The molecule has 5 heteroatoms. The van der Waals surface area contributed by atoms with Crippen molar-refractivity contribution in [2.45, 2.75) is 40.2 Å². The molecule has 0 aliphatic carbocycles. The normalized spacial score (nSPS) is 13.9. The van der Waals surface area contributed by atoms with E-state index in [2.05, 4.69) is 5.32 Å². The van der Waals surface area contributed by atoms with Gasteiger partial charge >= 0.3 is 0 Å². The molecule has 2 amide bonds. The second-order valence-corrected chi connectivity index (χ2v) is 4.20. The van der Waals surface area contributed by atoms with E-state index < -0.39 is 6.04 Å².